The van der Waals surface area contributed by atoms with Gasteiger partial charge in [-0.15, -0.1) is 0 Å². The number of aryl methyl sites for hydroxylation is 1. The molecule has 1 fully saturated rings. The number of benzene rings is 2. The predicted octanol–water partition coefficient (Wildman–Crippen LogP) is 6.53. The van der Waals surface area contributed by atoms with E-state index in [0.29, 0.717) is 22.6 Å². The lowest BCUT2D eigenvalue weighted by molar-refractivity contribution is -0.120. The maximum atomic E-state index is 12.8. The average Bonchev–Trinajstić information content (AvgIpc) is 3.20. The van der Waals surface area contributed by atoms with E-state index in [2.05, 4.69) is 42.8 Å². The van der Waals surface area contributed by atoms with E-state index in [1.54, 1.807) is 0 Å². The van der Waals surface area contributed by atoms with E-state index in [9.17, 15) is 4.79 Å². The summed E-state index contributed by atoms with van der Waals surface area (Å²) in [6.07, 6.45) is 5.39. The Labute approximate surface area is 199 Å². The van der Waals surface area contributed by atoms with Gasteiger partial charge in [-0.3, -0.25) is 9.36 Å². The van der Waals surface area contributed by atoms with E-state index in [4.69, 9.17) is 16.6 Å². The van der Waals surface area contributed by atoms with Crippen molar-refractivity contribution in [1.82, 2.24) is 14.9 Å². The molecule has 2 aromatic carbocycles. The van der Waals surface area contributed by atoms with E-state index in [-0.39, 0.29) is 11.9 Å². The molecule has 0 saturated heterocycles. The van der Waals surface area contributed by atoms with Crippen LogP contribution in [0.5, 0.6) is 0 Å². The molecule has 168 valence electrons. The lowest BCUT2D eigenvalue weighted by Gasteiger charge is -2.34. The van der Waals surface area contributed by atoms with Crippen LogP contribution in [0, 0.1) is 18.8 Å². The SMILES string of the molecule is Cc1ccccc1-n1c(-c2ccc(Cl)cc2)cnc1SCC(=O)N[C@@H]1CCC[C@@H](C)[C@H]1C. The number of para-hydroxylation sites is 1. The van der Waals surface area contributed by atoms with Gasteiger partial charge in [0.05, 0.1) is 23.3 Å². The number of nitrogens with zero attached hydrogens (tertiary/aromatic N) is 2. The molecule has 1 aliphatic rings. The predicted molar refractivity (Wildman–Crippen MR) is 134 cm³/mol. The fourth-order valence-electron chi connectivity index (χ4n) is 4.47. The number of nitrogens with one attached hydrogen (secondary N) is 1. The van der Waals surface area contributed by atoms with Crippen LogP contribution in [0.15, 0.2) is 59.9 Å². The molecular formula is C26H30ClN3OS. The number of carbonyl (C=O) groups excluding carboxylic acids is 1. The van der Waals surface area contributed by atoms with Crippen LogP contribution in [-0.2, 0) is 4.79 Å². The van der Waals surface area contributed by atoms with Crippen molar-refractivity contribution >= 4 is 29.3 Å². The fourth-order valence-corrected chi connectivity index (χ4v) is 5.39. The van der Waals surface area contributed by atoms with Crippen LogP contribution in [0.2, 0.25) is 5.02 Å². The maximum absolute atomic E-state index is 12.8. The molecule has 32 heavy (non-hydrogen) atoms. The van der Waals surface area contributed by atoms with E-state index in [1.165, 1.54) is 24.6 Å². The molecule has 4 rings (SSSR count). The van der Waals surface area contributed by atoms with Crippen molar-refractivity contribution in [3.8, 4) is 16.9 Å². The quantitative estimate of drug-likeness (QED) is 0.419. The summed E-state index contributed by atoms with van der Waals surface area (Å²) in [5, 5.41) is 4.78. The highest BCUT2D eigenvalue weighted by Crippen LogP contribution is 2.32. The Morgan fingerprint density at radius 3 is 2.66 bits per heavy atom. The third kappa shape index (κ3) is 5.05. The highest BCUT2D eigenvalue weighted by atomic mass is 35.5. The van der Waals surface area contributed by atoms with Gasteiger partial charge < -0.3 is 5.32 Å². The van der Waals surface area contributed by atoms with Crippen LogP contribution in [0.1, 0.15) is 38.7 Å². The minimum absolute atomic E-state index is 0.0772. The summed E-state index contributed by atoms with van der Waals surface area (Å²) in [6.45, 7) is 6.63. The van der Waals surface area contributed by atoms with Crippen molar-refractivity contribution in [3.05, 3.63) is 65.3 Å². The number of amides is 1. The largest absolute Gasteiger partial charge is 0.352 e. The molecule has 0 unspecified atom stereocenters. The molecule has 0 spiro atoms. The third-order valence-electron chi connectivity index (χ3n) is 6.61. The summed E-state index contributed by atoms with van der Waals surface area (Å²) in [5.74, 6) is 1.60. The van der Waals surface area contributed by atoms with Crippen molar-refractivity contribution in [1.29, 1.82) is 0 Å². The zero-order valence-corrected chi connectivity index (χ0v) is 20.4. The topological polar surface area (TPSA) is 46.9 Å². The molecule has 4 nitrogen and oxygen atoms in total. The minimum atomic E-state index is 0.0772. The Bertz CT molecular complexity index is 1080. The monoisotopic (exact) mass is 467 g/mol. The number of carbonyl (C=O) groups is 1. The van der Waals surface area contributed by atoms with Crippen molar-refractivity contribution in [3.63, 3.8) is 0 Å². The van der Waals surface area contributed by atoms with Crippen molar-refractivity contribution < 1.29 is 4.79 Å². The van der Waals surface area contributed by atoms with Crippen molar-refractivity contribution in [2.45, 2.75) is 51.2 Å². The van der Waals surface area contributed by atoms with Crippen LogP contribution >= 0.6 is 23.4 Å². The molecule has 0 aliphatic heterocycles. The van der Waals surface area contributed by atoms with Gasteiger partial charge >= 0.3 is 0 Å². The molecule has 6 heteroatoms. The highest BCUT2D eigenvalue weighted by Gasteiger charge is 2.28. The molecule has 1 aliphatic carbocycles. The summed E-state index contributed by atoms with van der Waals surface area (Å²) in [6, 6.07) is 16.3. The van der Waals surface area contributed by atoms with Crippen LogP contribution in [0.3, 0.4) is 0 Å². The van der Waals surface area contributed by atoms with Crippen LogP contribution < -0.4 is 5.32 Å². The lowest BCUT2D eigenvalue weighted by atomic mass is 9.78. The lowest BCUT2D eigenvalue weighted by Crippen LogP contribution is -2.44. The van der Waals surface area contributed by atoms with E-state index < -0.39 is 0 Å². The first-order chi connectivity index (χ1) is 15.4. The van der Waals surface area contributed by atoms with E-state index >= 15 is 0 Å². The Morgan fingerprint density at radius 1 is 1.16 bits per heavy atom. The van der Waals surface area contributed by atoms with Gasteiger partial charge in [0.25, 0.3) is 0 Å². The maximum Gasteiger partial charge on any atom is 0.230 e. The summed E-state index contributed by atoms with van der Waals surface area (Å²) >= 11 is 7.58. The zero-order valence-electron chi connectivity index (χ0n) is 18.8. The van der Waals surface area contributed by atoms with Gasteiger partial charge in [-0.25, -0.2) is 4.98 Å². The number of hydrogen-bond acceptors (Lipinski definition) is 3. The summed E-state index contributed by atoms with van der Waals surface area (Å²) in [7, 11) is 0. The number of halogens is 1. The summed E-state index contributed by atoms with van der Waals surface area (Å²) in [5.41, 5.74) is 4.23. The molecule has 1 heterocycles. The van der Waals surface area contributed by atoms with Gasteiger partial charge in [0.1, 0.15) is 0 Å². The second-order valence-electron chi connectivity index (χ2n) is 8.78. The summed E-state index contributed by atoms with van der Waals surface area (Å²) in [4.78, 5) is 17.5. The minimum Gasteiger partial charge on any atom is -0.352 e. The van der Waals surface area contributed by atoms with E-state index in [1.807, 2.05) is 42.6 Å². The van der Waals surface area contributed by atoms with Crippen LogP contribution in [0.25, 0.3) is 16.9 Å². The van der Waals surface area contributed by atoms with Gasteiger partial charge in [0.15, 0.2) is 5.16 Å². The van der Waals surface area contributed by atoms with Gasteiger partial charge in [-0.05, 0) is 48.9 Å². The molecule has 1 saturated carbocycles. The Morgan fingerprint density at radius 2 is 1.91 bits per heavy atom. The van der Waals surface area contributed by atoms with Crippen LogP contribution in [0.4, 0.5) is 0 Å². The first-order valence-electron chi connectivity index (χ1n) is 11.3. The van der Waals surface area contributed by atoms with Crippen molar-refractivity contribution in [2.75, 3.05) is 5.75 Å². The number of thioether (sulfide) groups is 1. The molecule has 3 aromatic rings. The fraction of sp³-hybridized carbons (Fsp3) is 0.385. The normalized spacial score (nSPS) is 20.8. The molecule has 1 aromatic heterocycles. The van der Waals surface area contributed by atoms with Gasteiger partial charge in [0, 0.05) is 16.6 Å². The molecule has 0 bridgehead atoms. The first kappa shape index (κ1) is 22.9. The summed E-state index contributed by atoms with van der Waals surface area (Å²) < 4.78 is 2.14. The number of aromatic nitrogens is 2. The first-order valence-corrected chi connectivity index (χ1v) is 12.6. The zero-order chi connectivity index (χ0) is 22.7. The molecule has 0 radical (unpaired) electrons. The Hall–Kier alpha value is -2.24. The van der Waals surface area contributed by atoms with E-state index in [0.717, 1.165) is 34.1 Å². The van der Waals surface area contributed by atoms with Crippen LogP contribution in [-0.4, -0.2) is 27.3 Å². The third-order valence-corrected chi connectivity index (χ3v) is 7.82. The average molecular weight is 468 g/mol. The number of imidazole rings is 1. The van der Waals surface area contributed by atoms with Gasteiger partial charge in [-0.1, -0.05) is 80.4 Å². The molecule has 1 N–H and O–H groups in total. The second kappa shape index (κ2) is 10.1. The molecule has 3 atom stereocenters. The molecule has 1 amide bonds. The number of rotatable bonds is 6. The van der Waals surface area contributed by atoms with Crippen molar-refractivity contribution in [2.24, 2.45) is 11.8 Å². The van der Waals surface area contributed by atoms with Gasteiger partial charge in [-0.2, -0.15) is 0 Å². The van der Waals surface area contributed by atoms with Gasteiger partial charge in [0.2, 0.25) is 5.91 Å². The highest BCUT2D eigenvalue weighted by molar-refractivity contribution is 7.99. The standard InChI is InChI=1S/C26H30ClN3OS/c1-17-8-6-9-22(19(17)3)29-25(31)16-32-26-28-15-24(20-11-13-21(27)14-12-20)30(26)23-10-5-4-7-18(23)2/h4-5,7,10-15,17,19,22H,6,8-9,16H2,1-3H3,(H,29,31)/t17-,19-,22-/m1/s1. The Balaban J connectivity index is 1.57. The second-order valence-corrected chi connectivity index (χ2v) is 10.2. The smallest absolute Gasteiger partial charge is 0.230 e. The number of hydrogen-bond donors (Lipinski definition) is 1. The Kier molecular flexibility index (Phi) is 7.27. The molecular weight excluding hydrogens is 438 g/mol.